The van der Waals surface area contributed by atoms with Crippen LogP contribution in [0, 0.1) is 6.92 Å². The van der Waals surface area contributed by atoms with E-state index in [1.165, 1.54) is 0 Å². The van der Waals surface area contributed by atoms with Crippen LogP contribution in [-0.4, -0.2) is 14.9 Å². The van der Waals surface area contributed by atoms with Gasteiger partial charge in [0.25, 0.3) is 0 Å². The maximum absolute atomic E-state index is 9.35. The molecule has 0 aliphatic carbocycles. The first kappa shape index (κ1) is 9.10. The Hall–Kier alpha value is -0.990. The third-order valence-electron chi connectivity index (χ3n) is 2.07. The summed E-state index contributed by atoms with van der Waals surface area (Å²) in [7, 11) is 0. The van der Waals surface area contributed by atoms with Crippen LogP contribution in [0.25, 0.3) is 0 Å². The highest BCUT2D eigenvalue weighted by Crippen LogP contribution is 2.19. The van der Waals surface area contributed by atoms with Crippen molar-refractivity contribution in [2.24, 2.45) is 0 Å². The second-order valence-corrected chi connectivity index (χ2v) is 2.97. The van der Waals surface area contributed by atoms with Crippen molar-refractivity contribution < 1.29 is 5.11 Å². The van der Waals surface area contributed by atoms with Gasteiger partial charge in [0.05, 0.1) is 0 Å². The number of aromatic hydroxyl groups is 1. The maximum Gasteiger partial charge on any atom is 0.233 e. The molecule has 1 aromatic heterocycles. The molecule has 1 heterocycles. The third kappa shape index (κ3) is 1.44. The fourth-order valence-electron chi connectivity index (χ4n) is 1.42. The number of aryl methyl sites for hydroxylation is 1. The minimum Gasteiger partial charge on any atom is -0.492 e. The minimum atomic E-state index is 0.181. The third-order valence-corrected chi connectivity index (χ3v) is 2.07. The van der Waals surface area contributed by atoms with Crippen LogP contribution in [0.4, 0.5) is 0 Å². The van der Waals surface area contributed by atoms with Gasteiger partial charge in [0.1, 0.15) is 0 Å². The Bertz CT molecular complexity index is 266. The van der Waals surface area contributed by atoms with Gasteiger partial charge in [-0.15, -0.1) is 5.10 Å². The van der Waals surface area contributed by atoms with E-state index in [1.54, 1.807) is 0 Å². The smallest absolute Gasteiger partial charge is 0.233 e. The van der Waals surface area contributed by atoms with E-state index < -0.39 is 0 Å². The highest BCUT2D eigenvalue weighted by molar-refractivity contribution is 5.28. The van der Waals surface area contributed by atoms with E-state index in [9.17, 15) is 5.11 Å². The number of aromatic nitrogens is 2. The molecule has 0 aromatic carbocycles. The SMILES string of the molecule is CCCn1nc(O)c(C)c1CC. The fraction of sp³-hybridized carbons (Fsp3) is 0.667. The topological polar surface area (TPSA) is 38.0 Å². The van der Waals surface area contributed by atoms with Crippen molar-refractivity contribution in [2.45, 2.75) is 40.2 Å². The monoisotopic (exact) mass is 168 g/mol. The van der Waals surface area contributed by atoms with E-state index in [-0.39, 0.29) is 5.88 Å². The van der Waals surface area contributed by atoms with Gasteiger partial charge in [0.15, 0.2) is 0 Å². The van der Waals surface area contributed by atoms with Crippen LogP contribution in [0.3, 0.4) is 0 Å². The highest BCUT2D eigenvalue weighted by Gasteiger charge is 2.10. The van der Waals surface area contributed by atoms with Gasteiger partial charge in [-0.2, -0.15) is 0 Å². The molecule has 0 atom stereocenters. The zero-order valence-electron chi connectivity index (χ0n) is 7.96. The molecule has 0 fully saturated rings. The van der Waals surface area contributed by atoms with Crippen LogP contribution >= 0.6 is 0 Å². The predicted octanol–water partition coefficient (Wildman–Crippen LogP) is 1.87. The average molecular weight is 168 g/mol. The van der Waals surface area contributed by atoms with E-state index >= 15 is 0 Å². The largest absolute Gasteiger partial charge is 0.492 e. The molecule has 3 heteroatoms. The average Bonchev–Trinajstić information content (AvgIpc) is 2.29. The summed E-state index contributed by atoms with van der Waals surface area (Å²) in [6.07, 6.45) is 1.98. The van der Waals surface area contributed by atoms with Crippen LogP contribution in [0.2, 0.25) is 0 Å². The molecule has 0 amide bonds. The highest BCUT2D eigenvalue weighted by atomic mass is 16.3. The summed E-state index contributed by atoms with van der Waals surface area (Å²) in [5.41, 5.74) is 2.07. The van der Waals surface area contributed by atoms with Crippen molar-refractivity contribution in [3.8, 4) is 5.88 Å². The molecule has 1 aromatic rings. The second-order valence-electron chi connectivity index (χ2n) is 2.97. The molecule has 0 saturated heterocycles. The Morgan fingerprint density at radius 1 is 1.42 bits per heavy atom. The second kappa shape index (κ2) is 3.61. The van der Waals surface area contributed by atoms with Crippen LogP contribution in [0.1, 0.15) is 31.5 Å². The molecule has 0 aliphatic rings. The Balaban J connectivity index is 3.02. The first-order valence-corrected chi connectivity index (χ1v) is 4.45. The molecule has 0 spiro atoms. The molecule has 3 nitrogen and oxygen atoms in total. The molecule has 0 bridgehead atoms. The summed E-state index contributed by atoms with van der Waals surface area (Å²) in [6.45, 7) is 6.99. The molecular weight excluding hydrogens is 152 g/mol. The lowest BCUT2D eigenvalue weighted by atomic mass is 10.2. The minimum absolute atomic E-state index is 0.181. The molecule has 0 unspecified atom stereocenters. The lowest BCUT2D eigenvalue weighted by Gasteiger charge is -2.02. The van der Waals surface area contributed by atoms with E-state index in [4.69, 9.17) is 0 Å². The van der Waals surface area contributed by atoms with Crippen molar-refractivity contribution in [2.75, 3.05) is 0 Å². The molecular formula is C9H16N2O. The zero-order chi connectivity index (χ0) is 9.14. The first-order valence-electron chi connectivity index (χ1n) is 4.45. The number of nitrogens with zero attached hydrogens (tertiary/aromatic N) is 2. The predicted molar refractivity (Wildman–Crippen MR) is 48.3 cm³/mol. The molecule has 1 N–H and O–H groups in total. The maximum atomic E-state index is 9.35. The molecule has 1 rings (SSSR count). The van der Waals surface area contributed by atoms with Crippen molar-refractivity contribution >= 4 is 0 Å². The van der Waals surface area contributed by atoms with Crippen LogP contribution in [0.5, 0.6) is 5.88 Å². The van der Waals surface area contributed by atoms with Crippen molar-refractivity contribution in [3.63, 3.8) is 0 Å². The summed E-state index contributed by atoms with van der Waals surface area (Å²) in [5, 5.41) is 13.4. The van der Waals surface area contributed by atoms with Crippen LogP contribution in [-0.2, 0) is 13.0 Å². The van der Waals surface area contributed by atoms with Crippen LogP contribution < -0.4 is 0 Å². The Morgan fingerprint density at radius 2 is 2.08 bits per heavy atom. The number of hydrogen-bond acceptors (Lipinski definition) is 2. The van der Waals surface area contributed by atoms with Gasteiger partial charge in [0.2, 0.25) is 5.88 Å². The molecule has 0 radical (unpaired) electrons. The number of rotatable bonds is 3. The van der Waals surface area contributed by atoms with Gasteiger partial charge >= 0.3 is 0 Å². The van der Waals surface area contributed by atoms with E-state index in [0.29, 0.717) is 0 Å². The Kier molecular flexibility index (Phi) is 2.74. The molecule has 68 valence electrons. The molecule has 0 aliphatic heterocycles. The standard InChI is InChI=1S/C9H16N2O/c1-4-6-11-8(5-2)7(3)9(12)10-11/h4-6H2,1-3H3,(H,10,12). The van der Waals surface area contributed by atoms with Crippen molar-refractivity contribution in [1.29, 1.82) is 0 Å². The van der Waals surface area contributed by atoms with E-state index in [0.717, 1.165) is 30.6 Å². The van der Waals surface area contributed by atoms with Gasteiger partial charge in [-0.1, -0.05) is 13.8 Å². The fourth-order valence-corrected chi connectivity index (χ4v) is 1.42. The Morgan fingerprint density at radius 3 is 2.58 bits per heavy atom. The van der Waals surface area contributed by atoms with Gasteiger partial charge in [-0.05, 0) is 19.8 Å². The Labute approximate surface area is 73.0 Å². The lowest BCUT2D eigenvalue weighted by molar-refractivity contribution is 0.433. The quantitative estimate of drug-likeness (QED) is 0.748. The van der Waals surface area contributed by atoms with Crippen molar-refractivity contribution in [3.05, 3.63) is 11.3 Å². The normalized spacial score (nSPS) is 10.6. The van der Waals surface area contributed by atoms with Crippen molar-refractivity contribution in [1.82, 2.24) is 9.78 Å². The summed E-state index contributed by atoms with van der Waals surface area (Å²) >= 11 is 0. The van der Waals surface area contributed by atoms with Gasteiger partial charge in [0, 0.05) is 17.8 Å². The lowest BCUT2D eigenvalue weighted by Crippen LogP contribution is -2.03. The molecule has 0 saturated carbocycles. The summed E-state index contributed by atoms with van der Waals surface area (Å²) in [6, 6.07) is 0. The molecule has 12 heavy (non-hydrogen) atoms. The van der Waals surface area contributed by atoms with Gasteiger partial charge in [-0.3, -0.25) is 4.68 Å². The first-order chi connectivity index (χ1) is 5.70. The van der Waals surface area contributed by atoms with E-state index in [2.05, 4.69) is 18.9 Å². The van der Waals surface area contributed by atoms with Crippen LogP contribution in [0.15, 0.2) is 0 Å². The zero-order valence-corrected chi connectivity index (χ0v) is 7.96. The van der Waals surface area contributed by atoms with Gasteiger partial charge in [-0.25, -0.2) is 0 Å². The summed E-state index contributed by atoms with van der Waals surface area (Å²) in [4.78, 5) is 0. The summed E-state index contributed by atoms with van der Waals surface area (Å²) in [5.74, 6) is 0.181. The summed E-state index contributed by atoms with van der Waals surface area (Å²) < 4.78 is 1.89. The van der Waals surface area contributed by atoms with E-state index in [1.807, 2.05) is 11.6 Å². The van der Waals surface area contributed by atoms with Gasteiger partial charge < -0.3 is 5.11 Å². The number of hydrogen-bond donors (Lipinski definition) is 1.